The number of hydrogen-bond acceptors (Lipinski definition) is 6. The minimum atomic E-state index is -4.02. The number of anilines is 1. The van der Waals surface area contributed by atoms with Crippen molar-refractivity contribution >= 4 is 59.8 Å². The van der Waals surface area contributed by atoms with Gasteiger partial charge in [-0.2, -0.15) is 4.31 Å². The summed E-state index contributed by atoms with van der Waals surface area (Å²) in [5.41, 5.74) is 0.704. The van der Waals surface area contributed by atoms with Crippen LogP contribution in [0, 0.1) is 0 Å². The lowest BCUT2D eigenvalue weighted by Crippen LogP contribution is -2.41. The lowest BCUT2D eigenvalue weighted by Gasteiger charge is -2.31. The van der Waals surface area contributed by atoms with Crippen LogP contribution in [-0.2, 0) is 20.0 Å². The van der Waals surface area contributed by atoms with Crippen molar-refractivity contribution in [2.45, 2.75) is 28.7 Å². The molecule has 194 valence electrons. The zero-order valence-corrected chi connectivity index (χ0v) is 22.4. The number of ether oxygens (including phenoxy) is 1. The summed E-state index contributed by atoms with van der Waals surface area (Å²) in [5.74, 6) is 0.646. The molecule has 4 aromatic rings. The van der Waals surface area contributed by atoms with Gasteiger partial charge in [-0.1, -0.05) is 23.2 Å². The third-order valence-electron chi connectivity index (χ3n) is 6.09. The maximum absolute atomic E-state index is 13.2. The van der Waals surface area contributed by atoms with E-state index in [1.54, 1.807) is 24.5 Å². The summed E-state index contributed by atoms with van der Waals surface area (Å²) in [6.07, 6.45) is 5.75. The predicted molar refractivity (Wildman–Crippen MR) is 142 cm³/mol. The predicted octanol–water partition coefficient (Wildman–Crippen LogP) is 4.90. The van der Waals surface area contributed by atoms with Crippen LogP contribution in [0.2, 0.25) is 10.0 Å². The number of H-pyrrole nitrogens is 1. The highest BCUT2D eigenvalue weighted by Crippen LogP contribution is 2.35. The van der Waals surface area contributed by atoms with E-state index in [2.05, 4.69) is 14.7 Å². The van der Waals surface area contributed by atoms with Crippen LogP contribution in [0.3, 0.4) is 0 Å². The number of halogens is 2. The highest BCUT2D eigenvalue weighted by atomic mass is 35.5. The first-order valence-corrected chi connectivity index (χ1v) is 15.0. The Bertz CT molecular complexity index is 1640. The first kappa shape index (κ1) is 25.8. The van der Waals surface area contributed by atoms with E-state index in [4.69, 9.17) is 27.9 Å². The number of benzene rings is 2. The molecule has 1 fully saturated rings. The number of piperidine rings is 1. The van der Waals surface area contributed by atoms with Gasteiger partial charge in [0.15, 0.2) is 0 Å². The SMILES string of the molecule is O=S(=O)(Nc1ccc(Cl)c2c(Cl)c[nH]c12)c1ccc(S(=O)(=O)N2CCC(Oc3cccnc3)CC2)cc1. The van der Waals surface area contributed by atoms with Crippen molar-refractivity contribution in [1.29, 1.82) is 0 Å². The first-order chi connectivity index (χ1) is 17.6. The van der Waals surface area contributed by atoms with Gasteiger partial charge < -0.3 is 9.72 Å². The second-order valence-corrected chi connectivity index (χ2v) is 12.9. The van der Waals surface area contributed by atoms with Crippen LogP contribution in [0.25, 0.3) is 10.9 Å². The first-order valence-electron chi connectivity index (χ1n) is 11.3. The molecule has 5 rings (SSSR count). The Hall–Kier alpha value is -2.83. The molecule has 0 bridgehead atoms. The van der Waals surface area contributed by atoms with Crippen LogP contribution in [0.1, 0.15) is 12.8 Å². The molecule has 1 aliphatic rings. The Balaban J connectivity index is 1.28. The van der Waals surface area contributed by atoms with E-state index < -0.39 is 20.0 Å². The van der Waals surface area contributed by atoms with E-state index in [9.17, 15) is 16.8 Å². The summed E-state index contributed by atoms with van der Waals surface area (Å²) in [4.78, 5) is 6.86. The van der Waals surface area contributed by atoms with E-state index in [1.165, 1.54) is 40.8 Å². The summed E-state index contributed by atoms with van der Waals surface area (Å²) in [7, 11) is -7.81. The van der Waals surface area contributed by atoms with Crippen molar-refractivity contribution in [1.82, 2.24) is 14.3 Å². The Morgan fingerprint density at radius 2 is 1.65 bits per heavy atom. The average Bonchev–Trinajstić information content (AvgIpc) is 3.29. The summed E-state index contributed by atoms with van der Waals surface area (Å²) in [6, 6.07) is 11.8. The summed E-state index contributed by atoms with van der Waals surface area (Å²) in [5, 5.41) is 1.24. The zero-order valence-electron chi connectivity index (χ0n) is 19.3. The number of nitrogens with one attached hydrogen (secondary N) is 2. The molecule has 1 aliphatic heterocycles. The van der Waals surface area contributed by atoms with Gasteiger partial charge in [-0.3, -0.25) is 9.71 Å². The van der Waals surface area contributed by atoms with Crippen LogP contribution < -0.4 is 9.46 Å². The van der Waals surface area contributed by atoms with E-state index in [-0.39, 0.29) is 21.6 Å². The van der Waals surface area contributed by atoms with Crippen molar-refractivity contribution in [3.05, 3.63) is 77.2 Å². The smallest absolute Gasteiger partial charge is 0.261 e. The zero-order chi connectivity index (χ0) is 26.2. The van der Waals surface area contributed by atoms with Gasteiger partial charge in [-0.25, -0.2) is 16.8 Å². The molecule has 2 aromatic heterocycles. The Morgan fingerprint density at radius 1 is 0.946 bits per heavy atom. The summed E-state index contributed by atoms with van der Waals surface area (Å²) < 4.78 is 62.1. The molecule has 2 N–H and O–H groups in total. The highest BCUT2D eigenvalue weighted by molar-refractivity contribution is 7.92. The van der Waals surface area contributed by atoms with E-state index in [1.807, 2.05) is 6.07 Å². The van der Waals surface area contributed by atoms with Crippen molar-refractivity contribution < 1.29 is 21.6 Å². The van der Waals surface area contributed by atoms with Crippen molar-refractivity contribution in [3.8, 4) is 5.75 Å². The quantitative estimate of drug-likeness (QED) is 0.320. The lowest BCUT2D eigenvalue weighted by atomic mass is 10.1. The topological polar surface area (TPSA) is 121 Å². The Kier molecular flexibility index (Phi) is 7.08. The fourth-order valence-electron chi connectivity index (χ4n) is 4.20. The van der Waals surface area contributed by atoms with Gasteiger partial charge in [0.25, 0.3) is 10.0 Å². The van der Waals surface area contributed by atoms with Crippen LogP contribution in [0.15, 0.2) is 76.9 Å². The molecule has 37 heavy (non-hydrogen) atoms. The minimum Gasteiger partial charge on any atom is -0.489 e. The molecule has 0 unspecified atom stereocenters. The van der Waals surface area contributed by atoms with Gasteiger partial charge in [0.1, 0.15) is 11.9 Å². The third-order valence-corrected chi connectivity index (χ3v) is 10.00. The summed E-state index contributed by atoms with van der Waals surface area (Å²) in [6.45, 7) is 0.584. The monoisotopic (exact) mass is 580 g/mol. The number of aromatic nitrogens is 2. The molecule has 9 nitrogen and oxygen atoms in total. The number of hydrogen-bond donors (Lipinski definition) is 2. The fraction of sp³-hybridized carbons (Fsp3) is 0.208. The molecule has 3 heterocycles. The highest BCUT2D eigenvalue weighted by Gasteiger charge is 2.30. The molecule has 0 atom stereocenters. The van der Waals surface area contributed by atoms with E-state index >= 15 is 0 Å². The number of rotatable bonds is 7. The Morgan fingerprint density at radius 3 is 2.32 bits per heavy atom. The number of aromatic amines is 1. The molecule has 13 heteroatoms. The standard InChI is InChI=1S/C24H22Cl2N4O5S2/c25-20-7-8-22(24-23(20)21(26)15-28-24)29-36(31,32)18-3-5-19(6-4-18)37(33,34)30-12-9-16(10-13-30)35-17-2-1-11-27-14-17/h1-8,11,14-16,28-29H,9-10,12-13H2. The van der Waals surface area contributed by atoms with Crippen LogP contribution >= 0.6 is 23.2 Å². The maximum Gasteiger partial charge on any atom is 0.261 e. The number of nitrogens with zero attached hydrogens (tertiary/aromatic N) is 2. The number of pyridine rings is 1. The van der Waals surface area contributed by atoms with E-state index in [0.717, 1.165) is 0 Å². The van der Waals surface area contributed by atoms with Gasteiger partial charge in [0.2, 0.25) is 10.0 Å². The molecule has 0 amide bonds. The maximum atomic E-state index is 13.2. The van der Waals surface area contributed by atoms with Crippen LogP contribution in [-0.4, -0.2) is 50.3 Å². The molecule has 0 aliphatic carbocycles. The largest absolute Gasteiger partial charge is 0.489 e. The number of sulfonamides is 2. The van der Waals surface area contributed by atoms with Gasteiger partial charge in [0, 0.05) is 30.9 Å². The average molecular weight is 582 g/mol. The van der Waals surface area contributed by atoms with Gasteiger partial charge in [-0.05, 0) is 61.4 Å². The molecule has 0 radical (unpaired) electrons. The molecule has 0 saturated carbocycles. The second-order valence-electron chi connectivity index (χ2n) is 8.47. The third kappa shape index (κ3) is 5.27. The lowest BCUT2D eigenvalue weighted by molar-refractivity contribution is 0.134. The molecular formula is C24H22Cl2N4O5S2. The van der Waals surface area contributed by atoms with Gasteiger partial charge >= 0.3 is 0 Å². The molecule has 2 aromatic carbocycles. The van der Waals surface area contributed by atoms with Crippen molar-refractivity contribution in [2.24, 2.45) is 0 Å². The normalized spacial score (nSPS) is 15.6. The summed E-state index contributed by atoms with van der Waals surface area (Å²) >= 11 is 12.3. The molecular weight excluding hydrogens is 559 g/mol. The van der Waals surface area contributed by atoms with Gasteiger partial charge in [0.05, 0.1) is 37.2 Å². The Labute approximate surface area is 224 Å². The second kappa shape index (κ2) is 10.1. The number of fused-ring (bicyclic) bond motifs is 1. The van der Waals surface area contributed by atoms with Gasteiger partial charge in [-0.15, -0.1) is 0 Å². The minimum absolute atomic E-state index is 0.0168. The van der Waals surface area contributed by atoms with Crippen LogP contribution in [0.4, 0.5) is 5.69 Å². The molecule has 1 saturated heterocycles. The van der Waals surface area contributed by atoms with Crippen molar-refractivity contribution in [2.75, 3.05) is 17.8 Å². The van der Waals surface area contributed by atoms with Crippen molar-refractivity contribution in [3.63, 3.8) is 0 Å². The fourth-order valence-corrected chi connectivity index (χ4v) is 7.30. The van der Waals surface area contributed by atoms with Crippen LogP contribution in [0.5, 0.6) is 5.75 Å². The molecule has 0 spiro atoms. The van der Waals surface area contributed by atoms with E-state index in [0.29, 0.717) is 52.6 Å².